The Morgan fingerprint density at radius 3 is 2.73 bits per heavy atom. The molecule has 1 aromatic rings. The highest BCUT2D eigenvalue weighted by Crippen LogP contribution is 2.30. The summed E-state index contributed by atoms with van der Waals surface area (Å²) in [5.74, 6) is -0.495. The Kier molecular flexibility index (Phi) is 2.60. The summed E-state index contributed by atoms with van der Waals surface area (Å²) in [6.45, 7) is 1.62. The van der Waals surface area contributed by atoms with Crippen molar-refractivity contribution in [1.82, 2.24) is 5.32 Å². The maximum atomic E-state index is 11.3. The van der Waals surface area contributed by atoms with E-state index in [1.54, 1.807) is 19.1 Å². The number of carboxylic acids is 1. The maximum absolute atomic E-state index is 11.3. The average molecular weight is 274 g/mol. The lowest BCUT2D eigenvalue weighted by molar-refractivity contribution is -0.145. The Labute approximate surface area is 95.8 Å². The third-order valence-electron chi connectivity index (χ3n) is 2.56. The molecule has 1 aliphatic rings. The minimum Gasteiger partial charge on any atom is -0.480 e. The van der Waals surface area contributed by atoms with Gasteiger partial charge in [-0.3, -0.25) is 5.32 Å². The van der Waals surface area contributed by atoms with Gasteiger partial charge >= 0.3 is 5.97 Å². The second kappa shape index (κ2) is 3.64. The van der Waals surface area contributed by atoms with Crippen LogP contribution in [-0.2, 0) is 10.3 Å². The number of hydrogen-bond donors (Lipinski definition) is 2. The van der Waals surface area contributed by atoms with Gasteiger partial charge < -0.3 is 9.52 Å². The fraction of sp³-hybridized carbons (Fsp3) is 0.500. The molecule has 0 spiro atoms. The highest BCUT2D eigenvalue weighted by molar-refractivity contribution is 9.10. The van der Waals surface area contributed by atoms with Gasteiger partial charge in [0.15, 0.2) is 10.2 Å². The predicted octanol–water partition coefficient (Wildman–Crippen LogP) is 2.09. The first-order valence-electron chi connectivity index (χ1n) is 4.79. The van der Waals surface area contributed by atoms with Gasteiger partial charge in [0.25, 0.3) is 0 Å². The molecule has 1 heterocycles. The fourth-order valence-electron chi connectivity index (χ4n) is 1.46. The molecule has 5 heteroatoms. The van der Waals surface area contributed by atoms with Gasteiger partial charge in [0.05, 0.1) is 0 Å². The van der Waals surface area contributed by atoms with Crippen molar-refractivity contribution in [2.75, 3.05) is 0 Å². The van der Waals surface area contributed by atoms with Crippen LogP contribution in [0.1, 0.15) is 25.5 Å². The van der Waals surface area contributed by atoms with Gasteiger partial charge in [-0.15, -0.1) is 0 Å². The highest BCUT2D eigenvalue weighted by Gasteiger charge is 2.42. The second-order valence-electron chi connectivity index (χ2n) is 3.95. The number of halogens is 1. The third-order valence-corrected chi connectivity index (χ3v) is 2.99. The van der Waals surface area contributed by atoms with Crippen LogP contribution in [0.5, 0.6) is 0 Å². The lowest BCUT2D eigenvalue weighted by Gasteiger charge is -2.23. The van der Waals surface area contributed by atoms with Crippen LogP contribution < -0.4 is 5.32 Å². The lowest BCUT2D eigenvalue weighted by atomic mass is 9.99. The second-order valence-corrected chi connectivity index (χ2v) is 4.73. The van der Waals surface area contributed by atoms with Crippen LogP contribution in [0.3, 0.4) is 0 Å². The highest BCUT2D eigenvalue weighted by atomic mass is 79.9. The maximum Gasteiger partial charge on any atom is 0.331 e. The van der Waals surface area contributed by atoms with Crippen LogP contribution in [0.2, 0.25) is 0 Å². The van der Waals surface area contributed by atoms with Crippen LogP contribution in [0, 0.1) is 0 Å². The Bertz CT molecular complexity index is 386. The molecule has 0 aromatic carbocycles. The zero-order chi connectivity index (χ0) is 11.1. The van der Waals surface area contributed by atoms with E-state index < -0.39 is 11.5 Å². The summed E-state index contributed by atoms with van der Waals surface area (Å²) in [6, 6.07) is 3.67. The first-order valence-corrected chi connectivity index (χ1v) is 5.58. The Hall–Kier alpha value is -0.810. The third kappa shape index (κ3) is 2.08. The van der Waals surface area contributed by atoms with Crippen LogP contribution in [0.25, 0.3) is 0 Å². The van der Waals surface area contributed by atoms with Crippen molar-refractivity contribution in [3.8, 4) is 0 Å². The molecule has 15 heavy (non-hydrogen) atoms. The number of aliphatic carboxylic acids is 1. The largest absolute Gasteiger partial charge is 0.480 e. The van der Waals surface area contributed by atoms with E-state index in [9.17, 15) is 9.90 Å². The molecule has 1 aromatic heterocycles. The molecular formula is C10H12BrNO3. The molecule has 0 amide bonds. The first kappa shape index (κ1) is 10.7. The molecule has 2 N–H and O–H groups in total. The van der Waals surface area contributed by atoms with E-state index >= 15 is 0 Å². The Balaban J connectivity index is 2.28. The van der Waals surface area contributed by atoms with E-state index in [1.165, 1.54) is 0 Å². The number of carbonyl (C=O) groups is 1. The standard InChI is InChI=1S/C10H12BrNO3/c1-10(9(13)14,12-6-2-3-6)7-4-5-8(11)15-7/h4-6,12H,2-3H2,1H3,(H,13,14). The summed E-state index contributed by atoms with van der Waals surface area (Å²) in [6.07, 6.45) is 2.06. The van der Waals surface area contributed by atoms with Crippen molar-refractivity contribution in [1.29, 1.82) is 0 Å². The summed E-state index contributed by atoms with van der Waals surface area (Å²) < 4.78 is 5.86. The summed E-state index contributed by atoms with van der Waals surface area (Å²) in [7, 11) is 0. The molecule has 1 saturated carbocycles. The molecule has 2 rings (SSSR count). The van der Waals surface area contributed by atoms with E-state index in [4.69, 9.17) is 4.42 Å². The van der Waals surface area contributed by atoms with Crippen LogP contribution >= 0.6 is 15.9 Å². The van der Waals surface area contributed by atoms with Gasteiger partial charge in [0.2, 0.25) is 0 Å². The lowest BCUT2D eigenvalue weighted by Crippen LogP contribution is -2.47. The van der Waals surface area contributed by atoms with Gasteiger partial charge in [-0.1, -0.05) is 0 Å². The number of furan rings is 1. The molecule has 0 radical (unpaired) electrons. The van der Waals surface area contributed by atoms with Crippen molar-refractivity contribution in [3.63, 3.8) is 0 Å². The monoisotopic (exact) mass is 273 g/mol. The van der Waals surface area contributed by atoms with Crippen molar-refractivity contribution >= 4 is 21.9 Å². The van der Waals surface area contributed by atoms with E-state index in [2.05, 4.69) is 21.2 Å². The SMILES string of the molecule is CC(NC1CC1)(C(=O)O)c1ccc(Br)o1. The van der Waals surface area contributed by atoms with E-state index in [1.807, 2.05) is 0 Å². The molecule has 82 valence electrons. The minimum atomic E-state index is -1.13. The zero-order valence-electron chi connectivity index (χ0n) is 8.29. The normalized spacial score (nSPS) is 19.9. The van der Waals surface area contributed by atoms with Crippen LogP contribution in [0.4, 0.5) is 0 Å². The smallest absolute Gasteiger partial charge is 0.331 e. The summed E-state index contributed by atoms with van der Waals surface area (Å²) in [4.78, 5) is 11.3. The Morgan fingerprint density at radius 1 is 1.67 bits per heavy atom. The van der Waals surface area contributed by atoms with Gasteiger partial charge in [-0.05, 0) is 47.8 Å². The zero-order valence-corrected chi connectivity index (χ0v) is 9.87. The molecular weight excluding hydrogens is 262 g/mol. The summed E-state index contributed by atoms with van der Waals surface area (Å²) in [5, 5.41) is 12.3. The van der Waals surface area contributed by atoms with Crippen molar-refractivity contribution in [3.05, 3.63) is 22.6 Å². The summed E-state index contributed by atoms with van der Waals surface area (Å²) >= 11 is 3.17. The van der Waals surface area contributed by atoms with Crippen molar-refractivity contribution in [2.24, 2.45) is 0 Å². The molecule has 0 aliphatic heterocycles. The van der Waals surface area contributed by atoms with Gasteiger partial charge in [-0.25, -0.2) is 4.79 Å². The van der Waals surface area contributed by atoms with E-state index in [-0.39, 0.29) is 0 Å². The van der Waals surface area contributed by atoms with Crippen LogP contribution in [-0.4, -0.2) is 17.1 Å². The molecule has 1 atom stereocenters. The first-order chi connectivity index (χ1) is 7.02. The molecule has 4 nitrogen and oxygen atoms in total. The van der Waals surface area contributed by atoms with Crippen LogP contribution in [0.15, 0.2) is 21.2 Å². The van der Waals surface area contributed by atoms with Gasteiger partial charge in [0, 0.05) is 6.04 Å². The van der Waals surface area contributed by atoms with E-state index in [0.29, 0.717) is 16.5 Å². The fourth-order valence-corrected chi connectivity index (χ4v) is 1.76. The number of hydrogen-bond acceptors (Lipinski definition) is 3. The topological polar surface area (TPSA) is 62.5 Å². The average Bonchev–Trinajstić information content (AvgIpc) is 2.85. The molecule has 1 fully saturated rings. The minimum absolute atomic E-state index is 0.301. The number of rotatable bonds is 4. The van der Waals surface area contributed by atoms with Gasteiger partial charge in [0.1, 0.15) is 5.76 Å². The molecule has 1 aliphatic carbocycles. The quantitative estimate of drug-likeness (QED) is 0.882. The number of nitrogens with one attached hydrogen (secondary N) is 1. The molecule has 1 unspecified atom stereocenters. The number of carboxylic acid groups (broad SMARTS) is 1. The van der Waals surface area contributed by atoms with Crippen molar-refractivity contribution in [2.45, 2.75) is 31.3 Å². The Morgan fingerprint density at radius 2 is 2.33 bits per heavy atom. The van der Waals surface area contributed by atoms with E-state index in [0.717, 1.165) is 12.8 Å². The van der Waals surface area contributed by atoms with Gasteiger partial charge in [-0.2, -0.15) is 0 Å². The summed E-state index contributed by atoms with van der Waals surface area (Å²) in [5.41, 5.74) is -1.13. The molecule has 0 bridgehead atoms. The molecule has 0 saturated heterocycles. The van der Waals surface area contributed by atoms with Crippen molar-refractivity contribution < 1.29 is 14.3 Å². The predicted molar refractivity (Wildman–Crippen MR) is 57.6 cm³/mol.